The maximum Gasteiger partial charge on any atom is 0.224 e. The molecule has 27 heavy (non-hydrogen) atoms. The SMILES string of the molecule is COc1ccc(OCCNC(=O)Cc2cc(Cl)c3c(c2)OCCCO3)cc1. The zero-order chi connectivity index (χ0) is 19.1. The molecule has 0 bridgehead atoms. The maximum absolute atomic E-state index is 12.2. The van der Waals surface area contributed by atoms with Gasteiger partial charge in [0.15, 0.2) is 11.5 Å². The summed E-state index contributed by atoms with van der Waals surface area (Å²) in [4.78, 5) is 12.2. The Balaban J connectivity index is 1.46. The lowest BCUT2D eigenvalue weighted by molar-refractivity contribution is -0.120. The fraction of sp³-hybridized carbons (Fsp3) is 0.350. The van der Waals surface area contributed by atoms with Gasteiger partial charge in [-0.2, -0.15) is 0 Å². The van der Waals surface area contributed by atoms with Crippen molar-refractivity contribution in [2.75, 3.05) is 33.5 Å². The van der Waals surface area contributed by atoms with E-state index >= 15 is 0 Å². The second kappa shape index (κ2) is 9.37. The fourth-order valence-electron chi connectivity index (χ4n) is 2.67. The van der Waals surface area contributed by atoms with Crippen molar-refractivity contribution in [3.05, 3.63) is 47.0 Å². The molecule has 0 radical (unpaired) electrons. The first-order valence-electron chi connectivity index (χ1n) is 8.77. The Labute approximate surface area is 163 Å². The molecule has 7 heteroatoms. The molecule has 0 atom stereocenters. The fourth-order valence-corrected chi connectivity index (χ4v) is 2.95. The summed E-state index contributed by atoms with van der Waals surface area (Å²) in [5.74, 6) is 2.51. The summed E-state index contributed by atoms with van der Waals surface area (Å²) in [6.07, 6.45) is 1.01. The molecule has 0 aromatic heterocycles. The molecule has 0 fully saturated rings. The van der Waals surface area contributed by atoms with Crippen molar-refractivity contribution in [2.24, 2.45) is 0 Å². The quantitative estimate of drug-likeness (QED) is 0.734. The van der Waals surface area contributed by atoms with Crippen molar-refractivity contribution in [1.82, 2.24) is 5.32 Å². The van der Waals surface area contributed by atoms with Crippen molar-refractivity contribution in [2.45, 2.75) is 12.8 Å². The number of benzene rings is 2. The molecule has 1 aliphatic rings. The summed E-state index contributed by atoms with van der Waals surface area (Å²) in [6.45, 7) is 1.92. The Morgan fingerprint density at radius 1 is 1.15 bits per heavy atom. The number of hydrogen-bond donors (Lipinski definition) is 1. The summed E-state index contributed by atoms with van der Waals surface area (Å²) in [6, 6.07) is 10.8. The first kappa shape index (κ1) is 19.2. The summed E-state index contributed by atoms with van der Waals surface area (Å²) in [7, 11) is 1.61. The van der Waals surface area contributed by atoms with Crippen LogP contribution in [0.25, 0.3) is 0 Å². The van der Waals surface area contributed by atoms with Gasteiger partial charge in [-0.1, -0.05) is 11.6 Å². The molecular weight excluding hydrogens is 370 g/mol. The third kappa shape index (κ3) is 5.44. The minimum atomic E-state index is -0.112. The van der Waals surface area contributed by atoms with Gasteiger partial charge in [0, 0.05) is 6.42 Å². The van der Waals surface area contributed by atoms with Gasteiger partial charge in [-0.3, -0.25) is 4.79 Å². The van der Waals surface area contributed by atoms with Crippen LogP contribution in [-0.2, 0) is 11.2 Å². The number of ether oxygens (including phenoxy) is 4. The molecule has 0 aliphatic carbocycles. The van der Waals surface area contributed by atoms with Crippen LogP contribution in [0.4, 0.5) is 0 Å². The topological polar surface area (TPSA) is 66.0 Å². The van der Waals surface area contributed by atoms with E-state index < -0.39 is 0 Å². The Hall–Kier alpha value is -2.60. The monoisotopic (exact) mass is 391 g/mol. The number of hydrogen-bond acceptors (Lipinski definition) is 5. The summed E-state index contributed by atoms with van der Waals surface area (Å²) in [5.41, 5.74) is 0.776. The van der Waals surface area contributed by atoms with Gasteiger partial charge >= 0.3 is 0 Å². The highest BCUT2D eigenvalue weighted by Crippen LogP contribution is 2.38. The molecule has 1 amide bonds. The van der Waals surface area contributed by atoms with Gasteiger partial charge in [0.2, 0.25) is 5.91 Å². The van der Waals surface area contributed by atoms with Crippen LogP contribution in [0.2, 0.25) is 5.02 Å². The number of nitrogens with one attached hydrogen (secondary N) is 1. The van der Waals surface area contributed by atoms with E-state index in [1.165, 1.54) is 0 Å². The predicted molar refractivity (Wildman–Crippen MR) is 102 cm³/mol. The van der Waals surface area contributed by atoms with Gasteiger partial charge < -0.3 is 24.3 Å². The number of methoxy groups -OCH3 is 1. The van der Waals surface area contributed by atoms with E-state index in [0.29, 0.717) is 42.9 Å². The lowest BCUT2D eigenvalue weighted by Gasteiger charge is -2.12. The zero-order valence-corrected chi connectivity index (χ0v) is 15.9. The number of fused-ring (bicyclic) bond motifs is 1. The van der Waals surface area contributed by atoms with Gasteiger partial charge in [-0.15, -0.1) is 0 Å². The summed E-state index contributed by atoms with van der Waals surface area (Å²) >= 11 is 6.25. The maximum atomic E-state index is 12.2. The normalized spacial score (nSPS) is 12.8. The van der Waals surface area contributed by atoms with Crippen LogP contribution in [0, 0.1) is 0 Å². The van der Waals surface area contributed by atoms with Crippen LogP contribution in [0.5, 0.6) is 23.0 Å². The second-order valence-corrected chi connectivity index (χ2v) is 6.41. The van der Waals surface area contributed by atoms with Crippen LogP contribution in [-0.4, -0.2) is 39.4 Å². The molecule has 3 rings (SSSR count). The molecule has 0 spiro atoms. The predicted octanol–water partition coefficient (Wildman–Crippen LogP) is 3.25. The third-order valence-corrected chi connectivity index (χ3v) is 4.26. The standard InChI is InChI=1S/C20H22ClNO5/c1-24-15-3-5-16(6-4-15)25-10-7-22-19(23)13-14-11-17(21)20-18(12-14)26-8-2-9-27-20/h3-6,11-12H,2,7-10,13H2,1H3,(H,22,23). The van der Waals surface area contributed by atoms with Gasteiger partial charge in [-0.25, -0.2) is 0 Å². The number of halogens is 1. The molecule has 0 saturated carbocycles. The van der Waals surface area contributed by atoms with Crippen molar-refractivity contribution < 1.29 is 23.7 Å². The Bertz CT molecular complexity index is 779. The molecule has 2 aromatic carbocycles. The highest BCUT2D eigenvalue weighted by atomic mass is 35.5. The molecular formula is C20H22ClNO5. The van der Waals surface area contributed by atoms with Crippen LogP contribution in [0.1, 0.15) is 12.0 Å². The van der Waals surface area contributed by atoms with Crippen LogP contribution < -0.4 is 24.3 Å². The lowest BCUT2D eigenvalue weighted by Crippen LogP contribution is -2.29. The highest BCUT2D eigenvalue weighted by Gasteiger charge is 2.16. The van der Waals surface area contributed by atoms with E-state index in [1.54, 1.807) is 19.2 Å². The van der Waals surface area contributed by atoms with Gasteiger partial charge in [0.1, 0.15) is 18.1 Å². The molecule has 0 saturated heterocycles. The molecule has 6 nitrogen and oxygen atoms in total. The summed E-state index contributed by atoms with van der Waals surface area (Å²) in [5, 5.41) is 3.29. The van der Waals surface area contributed by atoms with E-state index in [4.69, 9.17) is 30.5 Å². The first-order chi connectivity index (χ1) is 13.2. The molecule has 1 aliphatic heterocycles. The van der Waals surface area contributed by atoms with Gasteiger partial charge in [0.25, 0.3) is 0 Å². The average molecular weight is 392 g/mol. The lowest BCUT2D eigenvalue weighted by atomic mass is 10.1. The molecule has 1 N–H and O–H groups in total. The smallest absolute Gasteiger partial charge is 0.224 e. The number of amides is 1. The van der Waals surface area contributed by atoms with Gasteiger partial charge in [0.05, 0.1) is 38.3 Å². The highest BCUT2D eigenvalue weighted by molar-refractivity contribution is 6.32. The molecule has 144 valence electrons. The largest absolute Gasteiger partial charge is 0.497 e. The average Bonchev–Trinajstić information content (AvgIpc) is 2.91. The Morgan fingerprint density at radius 2 is 1.89 bits per heavy atom. The Morgan fingerprint density at radius 3 is 2.67 bits per heavy atom. The van der Waals surface area contributed by atoms with E-state index in [2.05, 4.69) is 5.32 Å². The van der Waals surface area contributed by atoms with Crippen molar-refractivity contribution in [3.63, 3.8) is 0 Å². The Kier molecular flexibility index (Phi) is 6.65. The second-order valence-electron chi connectivity index (χ2n) is 6.01. The van der Waals surface area contributed by atoms with Crippen molar-refractivity contribution in [3.8, 4) is 23.0 Å². The number of carbonyl (C=O) groups excluding carboxylic acids is 1. The summed E-state index contributed by atoms with van der Waals surface area (Å²) < 4.78 is 21.9. The molecule has 0 unspecified atom stereocenters. The minimum Gasteiger partial charge on any atom is -0.497 e. The minimum absolute atomic E-state index is 0.112. The molecule has 1 heterocycles. The van der Waals surface area contributed by atoms with Crippen LogP contribution in [0.3, 0.4) is 0 Å². The van der Waals surface area contributed by atoms with E-state index in [9.17, 15) is 4.79 Å². The third-order valence-electron chi connectivity index (χ3n) is 3.98. The van der Waals surface area contributed by atoms with Gasteiger partial charge in [-0.05, 0) is 42.0 Å². The zero-order valence-electron chi connectivity index (χ0n) is 15.1. The number of rotatable bonds is 7. The van der Waals surface area contributed by atoms with Crippen LogP contribution in [0.15, 0.2) is 36.4 Å². The first-order valence-corrected chi connectivity index (χ1v) is 9.15. The van der Waals surface area contributed by atoms with E-state index in [0.717, 1.165) is 23.5 Å². The van der Waals surface area contributed by atoms with E-state index in [-0.39, 0.29) is 12.3 Å². The van der Waals surface area contributed by atoms with Crippen molar-refractivity contribution in [1.29, 1.82) is 0 Å². The molecule has 2 aromatic rings. The van der Waals surface area contributed by atoms with Crippen LogP contribution >= 0.6 is 11.6 Å². The van der Waals surface area contributed by atoms with E-state index in [1.807, 2.05) is 24.3 Å². The van der Waals surface area contributed by atoms with Crippen molar-refractivity contribution >= 4 is 17.5 Å². The number of carbonyl (C=O) groups is 1.